The number of phenolic OH excluding ortho intramolecular Hbond substituents is 1. The van der Waals surface area contributed by atoms with Gasteiger partial charge in [-0.3, -0.25) is 4.79 Å². The van der Waals surface area contributed by atoms with Crippen molar-refractivity contribution in [1.82, 2.24) is 4.90 Å². The summed E-state index contributed by atoms with van der Waals surface area (Å²) in [6, 6.07) is 1.14. The number of benzene rings is 1. The molecule has 0 heterocycles. The highest BCUT2D eigenvalue weighted by Gasteiger charge is 2.22. The molecule has 0 radical (unpaired) electrons. The van der Waals surface area contributed by atoms with Gasteiger partial charge in [-0.25, -0.2) is 8.78 Å². The number of carbonyl (C=O) groups excluding carboxylic acids is 1. The maximum atomic E-state index is 13.5. The van der Waals surface area contributed by atoms with Gasteiger partial charge in [0.2, 0.25) is 0 Å². The predicted molar refractivity (Wildman–Crippen MR) is 61.6 cm³/mol. The highest BCUT2D eigenvalue weighted by Crippen LogP contribution is 2.23. The van der Waals surface area contributed by atoms with Crippen LogP contribution in [0.4, 0.5) is 8.78 Å². The number of nitrogens with zero attached hydrogens (tertiary/aromatic N) is 1. The third-order valence-electron chi connectivity index (χ3n) is 2.10. The van der Waals surface area contributed by atoms with Crippen LogP contribution in [0.15, 0.2) is 12.1 Å². The largest absolute Gasteiger partial charge is 0.507 e. The zero-order valence-electron chi connectivity index (χ0n) is 9.28. The SMILES string of the molecule is C#CCN(CC#C)C(=O)c1c(O)cc(F)cc1F. The Bertz CT molecular complexity index is 516. The lowest BCUT2D eigenvalue weighted by atomic mass is 10.1. The highest BCUT2D eigenvalue weighted by atomic mass is 19.1. The van der Waals surface area contributed by atoms with Crippen molar-refractivity contribution in [2.24, 2.45) is 0 Å². The van der Waals surface area contributed by atoms with E-state index in [1.54, 1.807) is 0 Å². The van der Waals surface area contributed by atoms with Crippen molar-refractivity contribution in [3.63, 3.8) is 0 Å². The van der Waals surface area contributed by atoms with E-state index in [1.165, 1.54) is 0 Å². The lowest BCUT2D eigenvalue weighted by Gasteiger charge is -2.18. The van der Waals surface area contributed by atoms with Crippen LogP contribution >= 0.6 is 0 Å². The Kier molecular flexibility index (Phi) is 4.28. The van der Waals surface area contributed by atoms with Crippen LogP contribution in [-0.2, 0) is 0 Å². The second-order valence-corrected chi connectivity index (χ2v) is 3.35. The minimum absolute atomic E-state index is 0.140. The fourth-order valence-corrected chi connectivity index (χ4v) is 1.35. The highest BCUT2D eigenvalue weighted by molar-refractivity contribution is 5.97. The van der Waals surface area contributed by atoms with Crippen molar-refractivity contribution in [3.05, 3.63) is 29.3 Å². The quantitative estimate of drug-likeness (QED) is 0.822. The molecule has 0 aromatic heterocycles. The summed E-state index contributed by atoms with van der Waals surface area (Å²) >= 11 is 0. The Hall–Kier alpha value is -2.53. The number of phenols is 1. The summed E-state index contributed by atoms with van der Waals surface area (Å²) in [6.07, 6.45) is 10.1. The van der Waals surface area contributed by atoms with Crippen LogP contribution in [-0.4, -0.2) is 29.0 Å². The third-order valence-corrected chi connectivity index (χ3v) is 2.10. The van der Waals surface area contributed by atoms with Gasteiger partial charge in [0, 0.05) is 12.1 Å². The van der Waals surface area contributed by atoms with Crippen molar-refractivity contribution >= 4 is 5.91 Å². The Morgan fingerprint density at radius 3 is 2.28 bits per heavy atom. The Morgan fingerprint density at radius 2 is 1.83 bits per heavy atom. The molecular formula is C13H9F2NO2. The van der Waals surface area contributed by atoms with Crippen LogP contribution in [0.5, 0.6) is 5.75 Å². The molecule has 1 amide bonds. The van der Waals surface area contributed by atoms with Gasteiger partial charge in [0.1, 0.15) is 22.9 Å². The van der Waals surface area contributed by atoms with Crippen LogP contribution in [0, 0.1) is 36.3 Å². The number of hydrogen-bond donors (Lipinski definition) is 1. The van der Waals surface area contributed by atoms with Gasteiger partial charge in [-0.1, -0.05) is 11.8 Å². The van der Waals surface area contributed by atoms with E-state index >= 15 is 0 Å². The number of halogens is 2. The molecule has 0 aliphatic heterocycles. The minimum Gasteiger partial charge on any atom is -0.507 e. The number of terminal acetylenes is 2. The zero-order valence-corrected chi connectivity index (χ0v) is 9.28. The molecule has 1 N–H and O–H groups in total. The van der Waals surface area contributed by atoms with Crippen molar-refractivity contribution < 1.29 is 18.7 Å². The van der Waals surface area contributed by atoms with Gasteiger partial charge in [0.25, 0.3) is 5.91 Å². The van der Waals surface area contributed by atoms with Crippen LogP contribution < -0.4 is 0 Å². The first kappa shape index (κ1) is 13.5. The van der Waals surface area contributed by atoms with Crippen molar-refractivity contribution in [1.29, 1.82) is 0 Å². The molecule has 0 spiro atoms. The molecule has 92 valence electrons. The number of aromatic hydroxyl groups is 1. The smallest absolute Gasteiger partial charge is 0.262 e. The van der Waals surface area contributed by atoms with Crippen LogP contribution in [0.25, 0.3) is 0 Å². The normalized spacial score (nSPS) is 9.33. The average molecular weight is 249 g/mol. The molecule has 1 aromatic carbocycles. The lowest BCUT2D eigenvalue weighted by molar-refractivity contribution is 0.0788. The van der Waals surface area contributed by atoms with E-state index in [1.807, 2.05) is 0 Å². The summed E-state index contributed by atoms with van der Waals surface area (Å²) in [7, 11) is 0. The maximum absolute atomic E-state index is 13.5. The Labute approximate surface area is 103 Å². The molecule has 3 nitrogen and oxygen atoms in total. The Morgan fingerprint density at radius 1 is 1.28 bits per heavy atom. The van der Waals surface area contributed by atoms with Gasteiger partial charge in [0.05, 0.1) is 13.1 Å². The van der Waals surface area contributed by atoms with Crippen molar-refractivity contribution in [2.45, 2.75) is 0 Å². The molecule has 0 aliphatic carbocycles. The number of rotatable bonds is 3. The van der Waals surface area contributed by atoms with Crippen LogP contribution in [0.1, 0.15) is 10.4 Å². The minimum atomic E-state index is -1.17. The molecule has 0 aliphatic rings. The molecule has 0 saturated carbocycles. The van der Waals surface area contributed by atoms with E-state index < -0.39 is 28.9 Å². The van der Waals surface area contributed by atoms with E-state index in [0.717, 1.165) is 4.90 Å². The molecule has 1 aromatic rings. The molecular weight excluding hydrogens is 240 g/mol. The fourth-order valence-electron chi connectivity index (χ4n) is 1.35. The molecule has 0 unspecified atom stereocenters. The van der Waals surface area contributed by atoms with E-state index in [0.29, 0.717) is 12.1 Å². The van der Waals surface area contributed by atoms with Gasteiger partial charge in [-0.05, 0) is 0 Å². The van der Waals surface area contributed by atoms with Gasteiger partial charge < -0.3 is 10.0 Å². The van der Waals surface area contributed by atoms with E-state index in [4.69, 9.17) is 12.8 Å². The standard InChI is InChI=1S/C13H9F2NO2/c1-3-5-16(6-4-2)13(18)12-10(15)7-9(14)8-11(12)17/h1-2,7-8,17H,5-6H2. The molecule has 0 bridgehead atoms. The predicted octanol–water partition coefficient (Wildman–Crippen LogP) is 1.38. The van der Waals surface area contributed by atoms with Gasteiger partial charge >= 0.3 is 0 Å². The van der Waals surface area contributed by atoms with Gasteiger partial charge in [0.15, 0.2) is 0 Å². The van der Waals surface area contributed by atoms with Gasteiger partial charge in [-0.15, -0.1) is 12.8 Å². The molecule has 0 fully saturated rings. The second kappa shape index (κ2) is 5.70. The van der Waals surface area contributed by atoms with E-state index in [-0.39, 0.29) is 13.1 Å². The maximum Gasteiger partial charge on any atom is 0.262 e. The van der Waals surface area contributed by atoms with Crippen LogP contribution in [0.3, 0.4) is 0 Å². The summed E-state index contributed by atoms with van der Waals surface area (Å²) < 4.78 is 26.2. The van der Waals surface area contributed by atoms with E-state index in [9.17, 15) is 18.7 Å². The molecule has 1 rings (SSSR count). The van der Waals surface area contributed by atoms with Gasteiger partial charge in [-0.2, -0.15) is 0 Å². The monoisotopic (exact) mass is 249 g/mol. The fraction of sp³-hybridized carbons (Fsp3) is 0.154. The molecule has 0 saturated heterocycles. The third kappa shape index (κ3) is 2.78. The van der Waals surface area contributed by atoms with E-state index in [2.05, 4.69) is 11.8 Å². The Balaban J connectivity index is 3.18. The summed E-state index contributed by atoms with van der Waals surface area (Å²) in [6.45, 7) is -0.279. The summed E-state index contributed by atoms with van der Waals surface area (Å²) in [5, 5.41) is 9.40. The summed E-state index contributed by atoms with van der Waals surface area (Å²) in [5.41, 5.74) is -0.651. The van der Waals surface area contributed by atoms with Crippen molar-refractivity contribution in [2.75, 3.05) is 13.1 Å². The lowest BCUT2D eigenvalue weighted by Crippen LogP contribution is -2.32. The zero-order chi connectivity index (χ0) is 13.7. The second-order valence-electron chi connectivity index (χ2n) is 3.35. The summed E-state index contributed by atoms with van der Waals surface area (Å²) in [5.74, 6) is 0.533. The number of carbonyl (C=O) groups is 1. The molecule has 5 heteroatoms. The first-order valence-corrected chi connectivity index (χ1v) is 4.85. The van der Waals surface area contributed by atoms with Crippen LogP contribution in [0.2, 0.25) is 0 Å². The summed E-state index contributed by atoms with van der Waals surface area (Å²) in [4.78, 5) is 12.9. The first-order valence-electron chi connectivity index (χ1n) is 4.85. The number of amides is 1. The van der Waals surface area contributed by atoms with Crippen molar-refractivity contribution in [3.8, 4) is 30.4 Å². The molecule has 18 heavy (non-hydrogen) atoms. The number of hydrogen-bond acceptors (Lipinski definition) is 2. The topological polar surface area (TPSA) is 40.5 Å². The molecule has 0 atom stereocenters. The average Bonchev–Trinajstić information content (AvgIpc) is 2.27. The first-order chi connectivity index (χ1) is 8.51.